The van der Waals surface area contributed by atoms with Crippen LogP contribution in [0.2, 0.25) is 0 Å². The van der Waals surface area contributed by atoms with Gasteiger partial charge >= 0.3 is 5.97 Å². The Kier molecular flexibility index (Phi) is 6.52. The van der Waals surface area contributed by atoms with Crippen LogP contribution in [0.4, 0.5) is 5.69 Å². The maximum Gasteiger partial charge on any atom is 0.342 e. The first-order valence-electron chi connectivity index (χ1n) is 9.75. The molecule has 2 heterocycles. The van der Waals surface area contributed by atoms with Crippen LogP contribution in [0, 0.1) is 6.92 Å². The molecule has 0 atom stereocenters. The van der Waals surface area contributed by atoms with Crippen LogP contribution in [0.15, 0.2) is 78.4 Å². The molecule has 0 aliphatic carbocycles. The maximum absolute atomic E-state index is 12.5. The Labute approximate surface area is 188 Å². The predicted octanol–water partition coefficient (Wildman–Crippen LogP) is 5.10. The van der Waals surface area contributed by atoms with E-state index in [-0.39, 0.29) is 5.56 Å². The molecule has 0 bridgehead atoms. The molecule has 7 nitrogen and oxygen atoms in total. The SMILES string of the molecule is Cc1nc(-c2cccc(NC(=O)COC(=O)c3ccccc3Oc3cccnc3)c2)cs1. The highest BCUT2D eigenvalue weighted by atomic mass is 32.1. The number of aryl methyl sites for hydroxylation is 1. The van der Waals surface area contributed by atoms with Crippen molar-refractivity contribution in [3.05, 3.63) is 89.0 Å². The molecule has 0 aliphatic heterocycles. The number of carbonyl (C=O) groups is 2. The average Bonchev–Trinajstić information content (AvgIpc) is 3.25. The highest BCUT2D eigenvalue weighted by Gasteiger charge is 2.16. The number of nitrogens with one attached hydrogen (secondary N) is 1. The molecule has 0 unspecified atom stereocenters. The zero-order valence-corrected chi connectivity index (χ0v) is 18.0. The van der Waals surface area contributed by atoms with Gasteiger partial charge in [0, 0.05) is 22.8 Å². The van der Waals surface area contributed by atoms with Gasteiger partial charge in [-0.25, -0.2) is 9.78 Å². The molecule has 1 N–H and O–H groups in total. The largest absolute Gasteiger partial charge is 0.455 e. The van der Waals surface area contributed by atoms with E-state index in [9.17, 15) is 9.59 Å². The Balaban J connectivity index is 1.37. The fraction of sp³-hybridized carbons (Fsp3) is 0.0833. The zero-order valence-electron chi connectivity index (χ0n) is 17.1. The number of esters is 1. The molecule has 8 heteroatoms. The molecular formula is C24H19N3O4S. The number of amides is 1. The van der Waals surface area contributed by atoms with Crippen LogP contribution < -0.4 is 10.1 Å². The van der Waals surface area contributed by atoms with Crippen LogP contribution in [0.25, 0.3) is 11.3 Å². The average molecular weight is 446 g/mol. The molecule has 0 radical (unpaired) electrons. The van der Waals surface area contributed by atoms with Crippen LogP contribution in [0.5, 0.6) is 11.5 Å². The van der Waals surface area contributed by atoms with E-state index in [1.54, 1.807) is 60.0 Å². The van der Waals surface area contributed by atoms with E-state index >= 15 is 0 Å². The van der Waals surface area contributed by atoms with E-state index in [2.05, 4.69) is 15.3 Å². The number of nitrogens with zero attached hydrogens (tertiary/aromatic N) is 2. The van der Waals surface area contributed by atoms with Crippen LogP contribution in [-0.2, 0) is 9.53 Å². The minimum atomic E-state index is -0.661. The number of aromatic nitrogens is 2. The van der Waals surface area contributed by atoms with Gasteiger partial charge in [-0.3, -0.25) is 9.78 Å². The molecule has 0 saturated carbocycles. The zero-order chi connectivity index (χ0) is 22.3. The van der Waals surface area contributed by atoms with Crippen molar-refractivity contribution < 1.29 is 19.1 Å². The number of carbonyl (C=O) groups excluding carboxylic acids is 2. The summed E-state index contributed by atoms with van der Waals surface area (Å²) in [6.07, 6.45) is 3.16. The standard InChI is InChI=1S/C24H19N3O4S/c1-16-26-21(15-32-16)17-6-4-7-18(12-17)27-23(28)14-30-24(29)20-9-2-3-10-22(20)31-19-8-5-11-25-13-19/h2-13,15H,14H2,1H3,(H,27,28). The van der Waals surface area contributed by atoms with E-state index in [0.717, 1.165) is 16.3 Å². The minimum absolute atomic E-state index is 0.213. The number of ether oxygens (including phenoxy) is 2. The van der Waals surface area contributed by atoms with Gasteiger partial charge in [-0.1, -0.05) is 24.3 Å². The summed E-state index contributed by atoms with van der Waals surface area (Å²) in [5, 5.41) is 5.67. The van der Waals surface area contributed by atoms with Gasteiger partial charge in [-0.15, -0.1) is 11.3 Å². The van der Waals surface area contributed by atoms with Crippen molar-refractivity contribution in [2.75, 3.05) is 11.9 Å². The highest BCUT2D eigenvalue weighted by molar-refractivity contribution is 7.09. The van der Waals surface area contributed by atoms with Crippen LogP contribution in [-0.4, -0.2) is 28.5 Å². The molecule has 32 heavy (non-hydrogen) atoms. The number of anilines is 1. The topological polar surface area (TPSA) is 90.4 Å². The lowest BCUT2D eigenvalue weighted by atomic mass is 10.1. The van der Waals surface area contributed by atoms with E-state index in [1.807, 2.05) is 30.5 Å². The van der Waals surface area contributed by atoms with Gasteiger partial charge in [0.25, 0.3) is 5.91 Å². The Bertz CT molecular complexity index is 1240. The van der Waals surface area contributed by atoms with Crippen molar-refractivity contribution in [3.8, 4) is 22.8 Å². The van der Waals surface area contributed by atoms with E-state index < -0.39 is 18.5 Å². The Hall–Kier alpha value is -4.04. The molecule has 0 spiro atoms. The first kappa shape index (κ1) is 21.2. The van der Waals surface area contributed by atoms with Gasteiger partial charge in [0.2, 0.25) is 0 Å². The number of rotatable bonds is 7. The third-order valence-corrected chi connectivity index (χ3v) is 5.14. The summed E-state index contributed by atoms with van der Waals surface area (Å²) >= 11 is 1.56. The summed E-state index contributed by atoms with van der Waals surface area (Å²) in [4.78, 5) is 33.3. The summed E-state index contributed by atoms with van der Waals surface area (Å²) in [6.45, 7) is 1.51. The van der Waals surface area contributed by atoms with Crippen LogP contribution in [0.3, 0.4) is 0 Å². The first-order valence-corrected chi connectivity index (χ1v) is 10.6. The van der Waals surface area contributed by atoms with Gasteiger partial charge in [0.05, 0.1) is 16.9 Å². The number of pyridine rings is 1. The lowest BCUT2D eigenvalue weighted by molar-refractivity contribution is -0.119. The molecule has 2 aromatic heterocycles. The maximum atomic E-state index is 12.5. The lowest BCUT2D eigenvalue weighted by Crippen LogP contribution is -2.21. The molecule has 0 fully saturated rings. The van der Waals surface area contributed by atoms with Crippen LogP contribution >= 0.6 is 11.3 Å². The molecule has 1 amide bonds. The second kappa shape index (κ2) is 9.84. The molecular weight excluding hydrogens is 426 g/mol. The second-order valence-electron chi connectivity index (χ2n) is 6.74. The first-order chi connectivity index (χ1) is 15.6. The third-order valence-electron chi connectivity index (χ3n) is 4.36. The molecule has 0 saturated heterocycles. The van der Waals surface area contributed by atoms with E-state index in [0.29, 0.717) is 17.2 Å². The van der Waals surface area contributed by atoms with Gasteiger partial charge in [0.15, 0.2) is 6.61 Å². The van der Waals surface area contributed by atoms with Crippen molar-refractivity contribution in [2.24, 2.45) is 0 Å². The molecule has 2 aromatic carbocycles. The normalized spacial score (nSPS) is 10.4. The number of hydrogen-bond acceptors (Lipinski definition) is 7. The summed E-state index contributed by atoms with van der Waals surface area (Å²) in [6, 6.07) is 17.5. The Morgan fingerprint density at radius 1 is 1.06 bits per heavy atom. The summed E-state index contributed by atoms with van der Waals surface area (Å²) in [7, 11) is 0. The van der Waals surface area contributed by atoms with E-state index in [4.69, 9.17) is 9.47 Å². The third kappa shape index (κ3) is 5.35. The number of benzene rings is 2. The monoisotopic (exact) mass is 445 g/mol. The Morgan fingerprint density at radius 2 is 1.94 bits per heavy atom. The summed E-state index contributed by atoms with van der Waals surface area (Å²) < 4.78 is 10.9. The Morgan fingerprint density at radius 3 is 2.72 bits per heavy atom. The quantitative estimate of drug-likeness (QED) is 0.398. The number of thiazole rings is 1. The lowest BCUT2D eigenvalue weighted by Gasteiger charge is -2.11. The molecule has 4 aromatic rings. The molecule has 160 valence electrons. The minimum Gasteiger partial charge on any atom is -0.455 e. The van der Waals surface area contributed by atoms with Gasteiger partial charge < -0.3 is 14.8 Å². The molecule has 4 rings (SSSR count). The fourth-order valence-electron chi connectivity index (χ4n) is 2.92. The molecule has 0 aliphatic rings. The fourth-order valence-corrected chi connectivity index (χ4v) is 3.54. The van der Waals surface area contributed by atoms with Gasteiger partial charge in [-0.2, -0.15) is 0 Å². The highest BCUT2D eigenvalue weighted by Crippen LogP contribution is 2.26. The number of para-hydroxylation sites is 1. The van der Waals surface area contributed by atoms with Crippen molar-refractivity contribution in [1.82, 2.24) is 9.97 Å². The summed E-state index contributed by atoms with van der Waals surface area (Å²) in [5.74, 6) is -0.306. The van der Waals surface area contributed by atoms with Crippen molar-refractivity contribution in [2.45, 2.75) is 6.92 Å². The number of hydrogen-bond donors (Lipinski definition) is 1. The summed E-state index contributed by atoms with van der Waals surface area (Å²) in [5.41, 5.74) is 2.55. The predicted molar refractivity (Wildman–Crippen MR) is 122 cm³/mol. The van der Waals surface area contributed by atoms with Crippen LogP contribution in [0.1, 0.15) is 15.4 Å². The second-order valence-corrected chi connectivity index (χ2v) is 7.81. The smallest absolute Gasteiger partial charge is 0.342 e. The van der Waals surface area contributed by atoms with E-state index in [1.165, 1.54) is 6.20 Å². The van der Waals surface area contributed by atoms with Crippen molar-refractivity contribution in [1.29, 1.82) is 0 Å². The van der Waals surface area contributed by atoms with Crippen molar-refractivity contribution in [3.63, 3.8) is 0 Å². The van der Waals surface area contributed by atoms with Gasteiger partial charge in [0.1, 0.15) is 17.1 Å². The van der Waals surface area contributed by atoms with Gasteiger partial charge in [-0.05, 0) is 43.3 Å². The van der Waals surface area contributed by atoms with Crippen molar-refractivity contribution >= 4 is 28.9 Å².